The van der Waals surface area contributed by atoms with Crippen LogP contribution in [0.2, 0.25) is 0 Å². The van der Waals surface area contributed by atoms with Gasteiger partial charge in [-0.1, -0.05) is 24.3 Å². The molecular weight excluding hydrogens is 216 g/mol. The summed E-state index contributed by atoms with van der Waals surface area (Å²) in [7, 11) is -1.80. The first kappa shape index (κ1) is 12.2. The number of hydrogen-bond donors (Lipinski definition) is 0. The molecule has 0 aromatic heterocycles. The minimum atomic E-state index is -3.39. The average Bonchev–Trinajstić information content (AvgIpc) is 2.16. The Morgan fingerprint density at radius 1 is 1.13 bits per heavy atom. The van der Waals surface area contributed by atoms with Crippen molar-refractivity contribution < 1.29 is 17.3 Å². The average molecular weight is 230 g/mol. The van der Waals surface area contributed by atoms with E-state index in [1.54, 1.807) is 7.11 Å². The quantitative estimate of drug-likeness (QED) is 0.716. The fraction of sp³-hybridized carbons (Fsp3) is 0.400. The molecule has 0 amide bonds. The zero-order valence-corrected chi connectivity index (χ0v) is 9.58. The standard InChI is InChI=1S/C10H14O4S/c1-13-7-9-5-3-4-6-10(9)8-14-15(2,11)12/h3-6H,7-8H2,1-2H3. The van der Waals surface area contributed by atoms with E-state index in [1.807, 2.05) is 24.3 Å². The molecule has 4 nitrogen and oxygen atoms in total. The van der Waals surface area contributed by atoms with Gasteiger partial charge in [0.1, 0.15) is 0 Å². The summed E-state index contributed by atoms with van der Waals surface area (Å²) in [5, 5.41) is 0. The van der Waals surface area contributed by atoms with E-state index in [-0.39, 0.29) is 6.61 Å². The minimum absolute atomic E-state index is 0.0539. The molecule has 0 unspecified atom stereocenters. The van der Waals surface area contributed by atoms with Crippen molar-refractivity contribution in [2.24, 2.45) is 0 Å². The van der Waals surface area contributed by atoms with E-state index in [9.17, 15) is 8.42 Å². The Bertz CT molecular complexity index is 411. The summed E-state index contributed by atoms with van der Waals surface area (Å²) in [4.78, 5) is 0. The number of benzene rings is 1. The number of rotatable bonds is 5. The van der Waals surface area contributed by atoms with E-state index in [0.717, 1.165) is 17.4 Å². The Labute approximate surface area is 90.0 Å². The molecule has 0 radical (unpaired) electrons. The van der Waals surface area contributed by atoms with Crippen molar-refractivity contribution in [3.63, 3.8) is 0 Å². The summed E-state index contributed by atoms with van der Waals surface area (Å²) in [5.41, 5.74) is 1.76. The summed E-state index contributed by atoms with van der Waals surface area (Å²) in [6.45, 7) is 0.502. The van der Waals surface area contributed by atoms with Gasteiger partial charge in [-0.25, -0.2) is 0 Å². The fourth-order valence-electron chi connectivity index (χ4n) is 1.17. The maximum Gasteiger partial charge on any atom is 0.264 e. The number of methoxy groups -OCH3 is 1. The summed E-state index contributed by atoms with van der Waals surface area (Å²) in [5.74, 6) is 0. The van der Waals surface area contributed by atoms with Crippen LogP contribution in [0.3, 0.4) is 0 Å². The molecule has 84 valence electrons. The third kappa shape index (κ3) is 4.42. The molecule has 0 aliphatic rings. The van der Waals surface area contributed by atoms with Crippen LogP contribution in [0.25, 0.3) is 0 Å². The lowest BCUT2D eigenvalue weighted by Gasteiger charge is -2.07. The van der Waals surface area contributed by atoms with Crippen LogP contribution >= 0.6 is 0 Å². The molecule has 0 N–H and O–H groups in total. The summed E-state index contributed by atoms with van der Waals surface area (Å²) < 4.78 is 31.4. The maximum atomic E-state index is 10.8. The highest BCUT2D eigenvalue weighted by Crippen LogP contribution is 2.11. The zero-order chi connectivity index (χ0) is 11.3. The van der Waals surface area contributed by atoms with Crippen molar-refractivity contribution in [1.29, 1.82) is 0 Å². The number of ether oxygens (including phenoxy) is 1. The topological polar surface area (TPSA) is 52.6 Å². The van der Waals surface area contributed by atoms with Gasteiger partial charge in [0.25, 0.3) is 10.1 Å². The van der Waals surface area contributed by atoms with Crippen LogP contribution in [0.4, 0.5) is 0 Å². The third-order valence-corrected chi connectivity index (χ3v) is 2.39. The van der Waals surface area contributed by atoms with Crippen LogP contribution < -0.4 is 0 Å². The van der Waals surface area contributed by atoms with E-state index in [2.05, 4.69) is 0 Å². The van der Waals surface area contributed by atoms with Gasteiger partial charge in [-0.05, 0) is 11.1 Å². The van der Waals surface area contributed by atoms with Crippen LogP contribution in [-0.2, 0) is 32.3 Å². The molecule has 0 aliphatic heterocycles. The lowest BCUT2D eigenvalue weighted by molar-refractivity contribution is 0.182. The van der Waals surface area contributed by atoms with Crippen LogP contribution in [0.5, 0.6) is 0 Å². The highest BCUT2D eigenvalue weighted by Gasteiger charge is 2.06. The Morgan fingerprint density at radius 3 is 2.13 bits per heavy atom. The van der Waals surface area contributed by atoms with Gasteiger partial charge in [-0.15, -0.1) is 0 Å². The molecule has 0 spiro atoms. The van der Waals surface area contributed by atoms with Gasteiger partial charge in [-0.2, -0.15) is 8.42 Å². The summed E-state index contributed by atoms with van der Waals surface area (Å²) in [6.07, 6.45) is 1.03. The third-order valence-electron chi connectivity index (χ3n) is 1.85. The van der Waals surface area contributed by atoms with E-state index >= 15 is 0 Å². The second-order valence-electron chi connectivity index (χ2n) is 3.17. The monoisotopic (exact) mass is 230 g/mol. The molecule has 0 bridgehead atoms. The van der Waals surface area contributed by atoms with Crippen molar-refractivity contribution in [2.45, 2.75) is 13.2 Å². The second-order valence-corrected chi connectivity index (χ2v) is 4.81. The first-order valence-electron chi connectivity index (χ1n) is 4.43. The first-order chi connectivity index (χ1) is 7.03. The van der Waals surface area contributed by atoms with Gasteiger partial charge >= 0.3 is 0 Å². The van der Waals surface area contributed by atoms with E-state index in [4.69, 9.17) is 8.92 Å². The smallest absolute Gasteiger partial charge is 0.264 e. The molecule has 0 saturated carbocycles. The normalized spacial score (nSPS) is 11.6. The molecule has 0 saturated heterocycles. The Hall–Kier alpha value is -0.910. The Balaban J connectivity index is 2.75. The van der Waals surface area contributed by atoms with Crippen molar-refractivity contribution in [3.8, 4) is 0 Å². The van der Waals surface area contributed by atoms with E-state index in [0.29, 0.717) is 6.61 Å². The zero-order valence-electron chi connectivity index (χ0n) is 8.76. The van der Waals surface area contributed by atoms with Gasteiger partial charge < -0.3 is 4.74 Å². The summed E-state index contributed by atoms with van der Waals surface area (Å²) >= 11 is 0. The molecule has 1 rings (SSSR count). The lowest BCUT2D eigenvalue weighted by atomic mass is 10.1. The van der Waals surface area contributed by atoms with E-state index < -0.39 is 10.1 Å². The van der Waals surface area contributed by atoms with Crippen LogP contribution in [0.1, 0.15) is 11.1 Å². The highest BCUT2D eigenvalue weighted by atomic mass is 32.2. The van der Waals surface area contributed by atoms with Gasteiger partial charge in [0, 0.05) is 7.11 Å². The predicted octanol–water partition coefficient (Wildman–Crippen LogP) is 1.31. The van der Waals surface area contributed by atoms with Gasteiger partial charge in [0.2, 0.25) is 0 Å². The van der Waals surface area contributed by atoms with Crippen molar-refractivity contribution in [3.05, 3.63) is 35.4 Å². The van der Waals surface area contributed by atoms with Crippen molar-refractivity contribution in [1.82, 2.24) is 0 Å². The number of hydrogen-bond acceptors (Lipinski definition) is 4. The highest BCUT2D eigenvalue weighted by molar-refractivity contribution is 7.85. The Morgan fingerprint density at radius 2 is 1.67 bits per heavy atom. The van der Waals surface area contributed by atoms with Gasteiger partial charge in [0.05, 0.1) is 19.5 Å². The van der Waals surface area contributed by atoms with E-state index in [1.165, 1.54) is 0 Å². The molecule has 5 heteroatoms. The SMILES string of the molecule is COCc1ccccc1COS(C)(=O)=O. The van der Waals surface area contributed by atoms with Gasteiger partial charge in [0.15, 0.2) is 0 Å². The molecule has 1 aromatic carbocycles. The van der Waals surface area contributed by atoms with Crippen molar-refractivity contribution in [2.75, 3.05) is 13.4 Å². The molecular formula is C10H14O4S. The molecule has 0 atom stereocenters. The second kappa shape index (κ2) is 5.25. The Kier molecular flexibility index (Phi) is 4.26. The van der Waals surface area contributed by atoms with Crippen LogP contribution in [0, 0.1) is 0 Å². The first-order valence-corrected chi connectivity index (χ1v) is 6.24. The minimum Gasteiger partial charge on any atom is -0.380 e. The molecule has 0 aliphatic carbocycles. The molecule has 15 heavy (non-hydrogen) atoms. The fourth-order valence-corrected chi connectivity index (χ4v) is 1.51. The van der Waals surface area contributed by atoms with Crippen LogP contribution in [0.15, 0.2) is 24.3 Å². The predicted molar refractivity (Wildman–Crippen MR) is 56.8 cm³/mol. The lowest BCUT2D eigenvalue weighted by Crippen LogP contribution is -2.05. The molecule has 0 heterocycles. The summed E-state index contributed by atoms with van der Waals surface area (Å²) in [6, 6.07) is 7.41. The van der Waals surface area contributed by atoms with Gasteiger partial charge in [-0.3, -0.25) is 4.18 Å². The largest absolute Gasteiger partial charge is 0.380 e. The van der Waals surface area contributed by atoms with Crippen LogP contribution in [-0.4, -0.2) is 21.8 Å². The molecule has 0 fully saturated rings. The molecule has 1 aromatic rings. The van der Waals surface area contributed by atoms with Crippen molar-refractivity contribution >= 4 is 10.1 Å². The maximum absolute atomic E-state index is 10.8.